The van der Waals surface area contributed by atoms with Gasteiger partial charge in [-0.2, -0.15) is 13.2 Å². The van der Waals surface area contributed by atoms with Crippen molar-refractivity contribution < 1.29 is 21.6 Å². The molecule has 1 saturated carbocycles. The number of sulfone groups is 1. The monoisotopic (exact) mass is 321 g/mol. The van der Waals surface area contributed by atoms with Crippen LogP contribution in [0.2, 0.25) is 0 Å². The van der Waals surface area contributed by atoms with Crippen LogP contribution >= 0.6 is 0 Å². The van der Waals surface area contributed by atoms with Crippen LogP contribution in [0.25, 0.3) is 0 Å². The normalized spacial score (nSPS) is 18.9. The lowest BCUT2D eigenvalue weighted by atomic mass is 10.0. The molecule has 0 radical (unpaired) electrons. The van der Waals surface area contributed by atoms with Crippen LogP contribution in [0.5, 0.6) is 0 Å². The number of alkyl halides is 3. The number of hydrogen-bond acceptors (Lipinski definition) is 3. The van der Waals surface area contributed by atoms with Crippen molar-refractivity contribution in [1.29, 1.82) is 0 Å². The van der Waals surface area contributed by atoms with Crippen molar-refractivity contribution in [1.82, 2.24) is 0 Å². The molecule has 1 aliphatic carbocycles. The third-order valence-corrected chi connectivity index (χ3v) is 5.73. The van der Waals surface area contributed by atoms with Crippen LogP contribution in [0.1, 0.15) is 31.2 Å². The Balaban J connectivity index is 2.19. The maximum Gasteiger partial charge on any atom is 0.416 e. The molecular weight excluding hydrogens is 303 g/mol. The van der Waals surface area contributed by atoms with Gasteiger partial charge in [0.2, 0.25) is 0 Å². The number of benzene rings is 1. The summed E-state index contributed by atoms with van der Waals surface area (Å²) in [5.41, 5.74) is 4.96. The second-order valence-electron chi connectivity index (χ2n) is 5.52. The summed E-state index contributed by atoms with van der Waals surface area (Å²) in [5, 5.41) is 0. The van der Waals surface area contributed by atoms with Crippen molar-refractivity contribution in [2.45, 2.75) is 42.8 Å². The SMILES string of the molecule is NC(CS(=O)(=O)c1cccc(C(F)(F)F)c1)C1CCCC1. The van der Waals surface area contributed by atoms with Gasteiger partial charge in [-0.1, -0.05) is 18.9 Å². The average molecular weight is 321 g/mol. The molecule has 0 aromatic heterocycles. The summed E-state index contributed by atoms with van der Waals surface area (Å²) in [7, 11) is -3.80. The van der Waals surface area contributed by atoms with E-state index in [0.29, 0.717) is 6.07 Å². The summed E-state index contributed by atoms with van der Waals surface area (Å²) in [6.45, 7) is 0. The first-order chi connectivity index (χ1) is 9.70. The van der Waals surface area contributed by atoms with Gasteiger partial charge < -0.3 is 5.73 Å². The Hall–Kier alpha value is -1.08. The van der Waals surface area contributed by atoms with Crippen LogP contribution in [0.4, 0.5) is 13.2 Å². The predicted molar refractivity (Wildman–Crippen MR) is 73.4 cm³/mol. The van der Waals surface area contributed by atoms with Crippen molar-refractivity contribution in [3.05, 3.63) is 29.8 Å². The molecular formula is C14H18F3NO2S. The Labute approximate surface area is 122 Å². The zero-order valence-corrected chi connectivity index (χ0v) is 12.3. The highest BCUT2D eigenvalue weighted by molar-refractivity contribution is 7.91. The van der Waals surface area contributed by atoms with Gasteiger partial charge in [-0.3, -0.25) is 0 Å². The van der Waals surface area contributed by atoms with E-state index in [-0.39, 0.29) is 16.6 Å². The molecule has 0 saturated heterocycles. The molecule has 1 aromatic carbocycles. The summed E-state index contributed by atoms with van der Waals surface area (Å²) >= 11 is 0. The van der Waals surface area contributed by atoms with E-state index >= 15 is 0 Å². The zero-order chi connectivity index (χ0) is 15.7. The van der Waals surface area contributed by atoms with Gasteiger partial charge >= 0.3 is 6.18 Å². The number of hydrogen-bond donors (Lipinski definition) is 1. The van der Waals surface area contributed by atoms with Crippen molar-refractivity contribution in [3.8, 4) is 0 Å². The predicted octanol–water partition coefficient (Wildman–Crippen LogP) is 3.00. The highest BCUT2D eigenvalue weighted by Gasteiger charge is 2.32. The maximum atomic E-state index is 12.6. The largest absolute Gasteiger partial charge is 0.416 e. The molecule has 1 fully saturated rings. The Kier molecular flexibility index (Phi) is 4.63. The summed E-state index contributed by atoms with van der Waals surface area (Å²) in [4.78, 5) is -0.314. The van der Waals surface area contributed by atoms with Gasteiger partial charge in [-0.05, 0) is 37.0 Å². The molecule has 118 valence electrons. The van der Waals surface area contributed by atoms with Gasteiger partial charge in [0, 0.05) is 6.04 Å². The van der Waals surface area contributed by atoms with Crippen molar-refractivity contribution in [2.24, 2.45) is 11.7 Å². The Morgan fingerprint density at radius 1 is 1.24 bits per heavy atom. The minimum atomic E-state index is -4.56. The van der Waals surface area contributed by atoms with Crippen LogP contribution in [0, 0.1) is 5.92 Å². The van der Waals surface area contributed by atoms with E-state index in [2.05, 4.69) is 0 Å². The molecule has 1 aliphatic rings. The fourth-order valence-corrected chi connectivity index (χ4v) is 4.30. The highest BCUT2D eigenvalue weighted by atomic mass is 32.2. The van der Waals surface area contributed by atoms with E-state index in [4.69, 9.17) is 5.73 Å². The smallest absolute Gasteiger partial charge is 0.327 e. The molecule has 1 unspecified atom stereocenters. The molecule has 7 heteroatoms. The molecule has 0 amide bonds. The summed E-state index contributed by atoms with van der Waals surface area (Å²) < 4.78 is 62.4. The first-order valence-corrected chi connectivity index (χ1v) is 8.51. The minimum absolute atomic E-state index is 0.144. The molecule has 21 heavy (non-hydrogen) atoms. The second-order valence-corrected chi connectivity index (χ2v) is 7.55. The van der Waals surface area contributed by atoms with E-state index in [0.717, 1.165) is 37.8 Å². The molecule has 0 bridgehead atoms. The van der Waals surface area contributed by atoms with Crippen LogP contribution in [0.15, 0.2) is 29.2 Å². The third-order valence-electron chi connectivity index (χ3n) is 3.94. The molecule has 1 aromatic rings. The molecule has 1 atom stereocenters. The van der Waals surface area contributed by atoms with Crippen LogP contribution in [-0.4, -0.2) is 20.2 Å². The van der Waals surface area contributed by atoms with Crippen LogP contribution < -0.4 is 5.73 Å². The lowest BCUT2D eigenvalue weighted by molar-refractivity contribution is -0.137. The number of nitrogens with two attached hydrogens (primary N) is 1. The first kappa shape index (κ1) is 16.3. The van der Waals surface area contributed by atoms with Gasteiger partial charge in [-0.25, -0.2) is 8.42 Å². The second kappa shape index (κ2) is 5.96. The van der Waals surface area contributed by atoms with Crippen molar-refractivity contribution >= 4 is 9.84 Å². The van der Waals surface area contributed by atoms with Crippen LogP contribution in [-0.2, 0) is 16.0 Å². The summed E-state index contributed by atoms with van der Waals surface area (Å²) in [6.07, 6.45) is -0.721. The van der Waals surface area contributed by atoms with E-state index < -0.39 is 27.6 Å². The molecule has 2 N–H and O–H groups in total. The van der Waals surface area contributed by atoms with Crippen molar-refractivity contribution in [2.75, 3.05) is 5.75 Å². The molecule has 0 heterocycles. The third kappa shape index (κ3) is 3.97. The zero-order valence-electron chi connectivity index (χ0n) is 11.4. The number of rotatable bonds is 4. The Morgan fingerprint density at radius 2 is 1.86 bits per heavy atom. The standard InChI is InChI=1S/C14H18F3NO2S/c15-14(16,17)11-6-3-7-12(8-11)21(19,20)9-13(18)10-4-1-2-5-10/h3,6-8,10,13H,1-2,4-5,9,18H2. The Morgan fingerprint density at radius 3 is 2.43 bits per heavy atom. The molecule has 0 spiro atoms. The first-order valence-electron chi connectivity index (χ1n) is 6.86. The van der Waals surface area contributed by atoms with Crippen molar-refractivity contribution in [3.63, 3.8) is 0 Å². The minimum Gasteiger partial charge on any atom is -0.327 e. The summed E-state index contributed by atoms with van der Waals surface area (Å²) in [6, 6.07) is 3.31. The fraction of sp³-hybridized carbons (Fsp3) is 0.571. The maximum absolute atomic E-state index is 12.6. The van der Waals surface area contributed by atoms with Gasteiger partial charge in [-0.15, -0.1) is 0 Å². The van der Waals surface area contributed by atoms with Gasteiger partial charge in [0.25, 0.3) is 0 Å². The Bertz CT molecular complexity index is 592. The van der Waals surface area contributed by atoms with E-state index in [1.165, 1.54) is 6.07 Å². The van der Waals surface area contributed by atoms with Crippen LogP contribution in [0.3, 0.4) is 0 Å². The van der Waals surface area contributed by atoms with Gasteiger partial charge in [0.15, 0.2) is 9.84 Å². The lowest BCUT2D eigenvalue weighted by Gasteiger charge is -2.19. The van der Waals surface area contributed by atoms with Gasteiger partial charge in [0.1, 0.15) is 0 Å². The lowest BCUT2D eigenvalue weighted by Crippen LogP contribution is -2.35. The molecule has 2 rings (SSSR count). The summed E-state index contributed by atoms with van der Waals surface area (Å²) in [5.74, 6) is -0.163. The van der Waals surface area contributed by atoms with E-state index in [1.54, 1.807) is 0 Å². The van der Waals surface area contributed by atoms with E-state index in [9.17, 15) is 21.6 Å². The quantitative estimate of drug-likeness (QED) is 0.927. The molecule has 3 nitrogen and oxygen atoms in total. The van der Waals surface area contributed by atoms with Gasteiger partial charge in [0.05, 0.1) is 16.2 Å². The number of halogens is 3. The molecule has 0 aliphatic heterocycles. The highest BCUT2D eigenvalue weighted by Crippen LogP contribution is 2.32. The average Bonchev–Trinajstić information content (AvgIpc) is 2.91. The van der Waals surface area contributed by atoms with E-state index in [1.807, 2.05) is 0 Å². The topological polar surface area (TPSA) is 60.2 Å². The fourth-order valence-electron chi connectivity index (χ4n) is 2.74.